The molecule has 3 aromatic rings. The average molecular weight is 319 g/mol. The van der Waals surface area contributed by atoms with E-state index in [2.05, 4.69) is 26.2 Å². The summed E-state index contributed by atoms with van der Waals surface area (Å²) in [6.07, 6.45) is 3.12. The zero-order chi connectivity index (χ0) is 13.1. The Hall–Kier alpha value is -2.01. The van der Waals surface area contributed by atoms with Gasteiger partial charge in [0.05, 0.1) is 12.7 Å². The quantitative estimate of drug-likeness (QED) is 0.778. The highest BCUT2D eigenvalue weighted by atomic mass is 79.9. The first kappa shape index (κ1) is 12.0. The molecule has 0 aliphatic heterocycles. The van der Waals surface area contributed by atoms with Crippen molar-refractivity contribution in [3.05, 3.63) is 59.4 Å². The molecule has 0 saturated carbocycles. The second-order valence-electron chi connectivity index (χ2n) is 4.00. The molecule has 0 aliphatic carbocycles. The van der Waals surface area contributed by atoms with Gasteiger partial charge in [-0.3, -0.25) is 0 Å². The maximum atomic E-state index is 5.42. The number of benzene rings is 1. The summed E-state index contributed by atoms with van der Waals surface area (Å²) < 4.78 is 11.4. The van der Waals surface area contributed by atoms with Crippen molar-refractivity contribution in [3.63, 3.8) is 0 Å². The SMILES string of the molecule is Brc1ccc(CNc2ccc(-c3cnco3)cc2)o1. The van der Waals surface area contributed by atoms with Crippen LogP contribution in [0, 0.1) is 0 Å². The number of nitrogens with zero attached hydrogens (tertiary/aromatic N) is 1. The Morgan fingerprint density at radius 2 is 1.95 bits per heavy atom. The molecule has 0 radical (unpaired) electrons. The first-order chi connectivity index (χ1) is 9.31. The van der Waals surface area contributed by atoms with Gasteiger partial charge < -0.3 is 14.2 Å². The van der Waals surface area contributed by atoms with Gasteiger partial charge in [-0.2, -0.15) is 0 Å². The number of anilines is 1. The third-order valence-electron chi connectivity index (χ3n) is 2.70. The van der Waals surface area contributed by atoms with E-state index in [1.165, 1.54) is 6.39 Å². The lowest BCUT2D eigenvalue weighted by Crippen LogP contribution is -1.97. The summed E-state index contributed by atoms with van der Waals surface area (Å²) in [5, 5.41) is 3.29. The van der Waals surface area contributed by atoms with Crippen molar-refractivity contribution < 1.29 is 8.83 Å². The third kappa shape index (κ3) is 2.88. The molecule has 0 spiro atoms. The minimum Gasteiger partial charge on any atom is -0.452 e. The van der Waals surface area contributed by atoms with E-state index in [4.69, 9.17) is 8.83 Å². The van der Waals surface area contributed by atoms with Crippen LogP contribution < -0.4 is 5.32 Å². The molecule has 0 unspecified atom stereocenters. The van der Waals surface area contributed by atoms with E-state index in [0.29, 0.717) is 6.54 Å². The molecule has 5 heteroatoms. The predicted molar refractivity (Wildman–Crippen MR) is 75.7 cm³/mol. The summed E-state index contributed by atoms with van der Waals surface area (Å²) in [6, 6.07) is 11.8. The van der Waals surface area contributed by atoms with Gasteiger partial charge in [0.25, 0.3) is 0 Å². The van der Waals surface area contributed by atoms with Gasteiger partial charge in [-0.1, -0.05) is 0 Å². The molecule has 0 fully saturated rings. The molecule has 0 amide bonds. The van der Waals surface area contributed by atoms with Crippen LogP contribution in [0.15, 0.2) is 62.5 Å². The van der Waals surface area contributed by atoms with Crippen molar-refractivity contribution in [2.75, 3.05) is 5.32 Å². The Bertz CT molecular complexity index is 644. The zero-order valence-electron chi connectivity index (χ0n) is 9.97. The molecule has 1 N–H and O–H groups in total. The van der Waals surface area contributed by atoms with Crippen molar-refractivity contribution in [2.45, 2.75) is 6.54 Å². The number of hydrogen-bond acceptors (Lipinski definition) is 4. The summed E-state index contributed by atoms with van der Waals surface area (Å²) in [6.45, 7) is 0.646. The minimum absolute atomic E-state index is 0.646. The smallest absolute Gasteiger partial charge is 0.181 e. The Morgan fingerprint density at radius 1 is 1.11 bits per heavy atom. The lowest BCUT2D eigenvalue weighted by molar-refractivity contribution is 0.495. The number of hydrogen-bond donors (Lipinski definition) is 1. The second kappa shape index (κ2) is 5.32. The second-order valence-corrected chi connectivity index (χ2v) is 4.78. The fourth-order valence-corrected chi connectivity index (χ4v) is 2.09. The minimum atomic E-state index is 0.646. The topological polar surface area (TPSA) is 51.2 Å². The Balaban J connectivity index is 1.66. The van der Waals surface area contributed by atoms with Crippen molar-refractivity contribution in [1.82, 2.24) is 4.98 Å². The van der Waals surface area contributed by atoms with Crippen molar-refractivity contribution in [1.29, 1.82) is 0 Å². The van der Waals surface area contributed by atoms with Crippen molar-refractivity contribution in [3.8, 4) is 11.3 Å². The first-order valence-corrected chi connectivity index (χ1v) is 6.57. The summed E-state index contributed by atoms with van der Waals surface area (Å²) >= 11 is 3.28. The number of rotatable bonds is 4. The molecule has 0 saturated heterocycles. The summed E-state index contributed by atoms with van der Waals surface area (Å²) in [4.78, 5) is 3.90. The molecule has 0 atom stereocenters. The highest BCUT2D eigenvalue weighted by molar-refractivity contribution is 9.10. The van der Waals surface area contributed by atoms with E-state index in [9.17, 15) is 0 Å². The monoisotopic (exact) mass is 318 g/mol. The van der Waals surface area contributed by atoms with E-state index in [1.807, 2.05) is 36.4 Å². The maximum absolute atomic E-state index is 5.42. The van der Waals surface area contributed by atoms with Gasteiger partial charge in [0.2, 0.25) is 0 Å². The molecule has 0 bridgehead atoms. The van der Waals surface area contributed by atoms with Crippen LogP contribution in [0.2, 0.25) is 0 Å². The van der Waals surface area contributed by atoms with Gasteiger partial charge in [0, 0.05) is 11.3 Å². The molecule has 4 nitrogen and oxygen atoms in total. The standard InChI is InChI=1S/C14H11BrN2O2/c15-14-6-5-12(19-14)7-17-11-3-1-10(2-4-11)13-8-16-9-18-13/h1-6,8-9,17H,7H2. The summed E-state index contributed by atoms with van der Waals surface area (Å²) in [5.74, 6) is 1.65. The summed E-state index contributed by atoms with van der Waals surface area (Å²) in [5.41, 5.74) is 2.03. The largest absolute Gasteiger partial charge is 0.452 e. The average Bonchev–Trinajstić information content (AvgIpc) is 3.08. The van der Waals surface area contributed by atoms with Crippen LogP contribution in [0.25, 0.3) is 11.3 Å². The Kier molecular flexibility index (Phi) is 3.37. The van der Waals surface area contributed by atoms with Crippen LogP contribution in [0.1, 0.15) is 5.76 Å². The van der Waals surface area contributed by atoms with Crippen LogP contribution in [0.5, 0.6) is 0 Å². The van der Waals surface area contributed by atoms with Gasteiger partial charge in [-0.15, -0.1) is 0 Å². The van der Waals surface area contributed by atoms with Gasteiger partial charge in [-0.05, 0) is 52.3 Å². The zero-order valence-corrected chi connectivity index (χ0v) is 11.6. The molecular formula is C14H11BrN2O2. The molecule has 19 heavy (non-hydrogen) atoms. The van der Waals surface area contributed by atoms with Gasteiger partial charge in [0.15, 0.2) is 16.8 Å². The lowest BCUT2D eigenvalue weighted by atomic mass is 10.1. The first-order valence-electron chi connectivity index (χ1n) is 5.78. The van der Waals surface area contributed by atoms with Gasteiger partial charge in [0.1, 0.15) is 5.76 Å². The normalized spacial score (nSPS) is 10.6. The van der Waals surface area contributed by atoms with Crippen LogP contribution in [0.4, 0.5) is 5.69 Å². The fourth-order valence-electron chi connectivity index (χ4n) is 1.75. The van der Waals surface area contributed by atoms with Crippen LogP contribution in [-0.4, -0.2) is 4.98 Å². The van der Waals surface area contributed by atoms with Crippen LogP contribution in [-0.2, 0) is 6.54 Å². The maximum Gasteiger partial charge on any atom is 0.181 e. The lowest BCUT2D eigenvalue weighted by Gasteiger charge is -2.04. The van der Waals surface area contributed by atoms with Gasteiger partial charge >= 0.3 is 0 Å². The van der Waals surface area contributed by atoms with Crippen molar-refractivity contribution in [2.24, 2.45) is 0 Å². The number of nitrogens with one attached hydrogen (secondary N) is 1. The number of aromatic nitrogens is 1. The Labute approximate surface area is 118 Å². The third-order valence-corrected chi connectivity index (χ3v) is 3.12. The van der Waals surface area contributed by atoms with E-state index in [-0.39, 0.29) is 0 Å². The highest BCUT2D eigenvalue weighted by Crippen LogP contribution is 2.21. The Morgan fingerprint density at radius 3 is 2.58 bits per heavy atom. The molecule has 1 aromatic carbocycles. The molecule has 3 rings (SSSR count). The molecule has 2 aromatic heterocycles. The molecular weight excluding hydrogens is 308 g/mol. The van der Waals surface area contributed by atoms with Crippen LogP contribution in [0.3, 0.4) is 0 Å². The number of halogens is 1. The van der Waals surface area contributed by atoms with Crippen molar-refractivity contribution >= 4 is 21.6 Å². The molecule has 96 valence electrons. The fraction of sp³-hybridized carbons (Fsp3) is 0.0714. The van der Waals surface area contributed by atoms with Crippen LogP contribution >= 0.6 is 15.9 Å². The number of furan rings is 1. The molecule has 2 heterocycles. The van der Waals surface area contributed by atoms with E-state index >= 15 is 0 Å². The summed E-state index contributed by atoms with van der Waals surface area (Å²) in [7, 11) is 0. The van der Waals surface area contributed by atoms with E-state index < -0.39 is 0 Å². The number of oxazole rings is 1. The van der Waals surface area contributed by atoms with E-state index in [1.54, 1.807) is 6.20 Å². The van der Waals surface area contributed by atoms with E-state index in [0.717, 1.165) is 27.4 Å². The predicted octanol–water partition coefficient (Wildman–Crippen LogP) is 4.31. The highest BCUT2D eigenvalue weighted by Gasteiger charge is 2.02. The van der Waals surface area contributed by atoms with Gasteiger partial charge in [-0.25, -0.2) is 4.98 Å². The molecule has 0 aliphatic rings.